The van der Waals surface area contributed by atoms with Crippen molar-refractivity contribution in [3.05, 3.63) is 45.5 Å². The molecule has 0 aliphatic heterocycles. The van der Waals surface area contributed by atoms with Crippen LogP contribution in [0, 0.1) is 27.4 Å². The summed E-state index contributed by atoms with van der Waals surface area (Å²) in [6, 6.07) is 7.75. The van der Waals surface area contributed by atoms with Gasteiger partial charge in [-0.15, -0.1) is 0 Å². The second-order valence-corrected chi connectivity index (χ2v) is 5.86. The Bertz CT molecular complexity index is 659. The molecule has 0 spiro atoms. The molecule has 0 heterocycles. The van der Waals surface area contributed by atoms with E-state index in [-0.39, 0.29) is 23.2 Å². The molecule has 2 rings (SSSR count). The first-order chi connectivity index (χ1) is 11.0. The molecule has 1 N–H and O–H groups in total. The molecule has 1 aromatic carbocycles. The lowest BCUT2D eigenvalue weighted by molar-refractivity contribution is -0.384. The molecule has 0 saturated heterocycles. The topological polar surface area (TPSA) is 96.0 Å². The van der Waals surface area contributed by atoms with Crippen molar-refractivity contribution in [2.24, 2.45) is 5.92 Å². The van der Waals surface area contributed by atoms with Crippen LogP contribution in [0.25, 0.3) is 6.08 Å². The molecule has 1 aromatic rings. The number of benzene rings is 1. The highest BCUT2D eigenvalue weighted by Crippen LogP contribution is 2.24. The van der Waals surface area contributed by atoms with E-state index >= 15 is 0 Å². The lowest BCUT2D eigenvalue weighted by atomic mass is 9.86. The van der Waals surface area contributed by atoms with Crippen LogP contribution >= 0.6 is 0 Å². The number of carbonyl (C=O) groups excluding carboxylic acids is 1. The number of nitrogens with one attached hydrogen (secondary N) is 1. The zero-order valence-electron chi connectivity index (χ0n) is 13.0. The minimum absolute atomic E-state index is 0.0108. The maximum Gasteiger partial charge on any atom is 0.269 e. The normalized spacial score (nSPS) is 21.3. The number of nitro groups is 1. The summed E-state index contributed by atoms with van der Waals surface area (Å²) in [6.45, 7) is 2.11. The van der Waals surface area contributed by atoms with Crippen molar-refractivity contribution in [1.82, 2.24) is 5.32 Å². The first kappa shape index (κ1) is 16.7. The van der Waals surface area contributed by atoms with E-state index in [1.54, 1.807) is 0 Å². The Kier molecular flexibility index (Phi) is 5.47. The summed E-state index contributed by atoms with van der Waals surface area (Å²) >= 11 is 0. The minimum atomic E-state index is -0.490. The van der Waals surface area contributed by atoms with Gasteiger partial charge in [0.1, 0.15) is 11.6 Å². The van der Waals surface area contributed by atoms with Crippen LogP contribution in [-0.4, -0.2) is 16.9 Å². The first-order valence-electron chi connectivity index (χ1n) is 7.68. The van der Waals surface area contributed by atoms with Gasteiger partial charge in [-0.25, -0.2) is 0 Å². The van der Waals surface area contributed by atoms with Crippen molar-refractivity contribution in [1.29, 1.82) is 5.26 Å². The van der Waals surface area contributed by atoms with Crippen molar-refractivity contribution in [3.8, 4) is 6.07 Å². The van der Waals surface area contributed by atoms with E-state index in [9.17, 15) is 20.2 Å². The summed E-state index contributed by atoms with van der Waals surface area (Å²) in [5.41, 5.74) is 0.566. The quantitative estimate of drug-likeness (QED) is 0.399. The molecule has 2 atom stereocenters. The lowest BCUT2D eigenvalue weighted by Crippen LogP contribution is -2.41. The van der Waals surface area contributed by atoms with Crippen LogP contribution in [0.1, 0.15) is 38.2 Å². The molecule has 1 aliphatic rings. The minimum Gasteiger partial charge on any atom is -0.348 e. The molecule has 0 bridgehead atoms. The molecule has 1 amide bonds. The first-order valence-corrected chi connectivity index (χ1v) is 7.68. The second-order valence-electron chi connectivity index (χ2n) is 5.86. The summed E-state index contributed by atoms with van der Waals surface area (Å²) in [5.74, 6) is 0.0246. The summed E-state index contributed by atoms with van der Waals surface area (Å²) in [6.07, 6.45) is 5.73. The Labute approximate surface area is 135 Å². The van der Waals surface area contributed by atoms with Crippen molar-refractivity contribution < 1.29 is 9.72 Å². The van der Waals surface area contributed by atoms with Crippen LogP contribution in [-0.2, 0) is 4.79 Å². The number of nitrogens with zero attached hydrogens (tertiary/aromatic N) is 2. The molecule has 0 radical (unpaired) electrons. The Hall–Kier alpha value is -2.68. The second kappa shape index (κ2) is 7.54. The van der Waals surface area contributed by atoms with Gasteiger partial charge >= 0.3 is 0 Å². The van der Waals surface area contributed by atoms with Crippen LogP contribution in [0.2, 0.25) is 0 Å². The van der Waals surface area contributed by atoms with E-state index in [2.05, 4.69) is 12.2 Å². The van der Waals surface area contributed by atoms with Gasteiger partial charge in [-0.2, -0.15) is 5.26 Å². The number of non-ortho nitro benzene ring substituents is 1. The van der Waals surface area contributed by atoms with E-state index in [0.29, 0.717) is 11.5 Å². The molecule has 0 aromatic heterocycles. The molecule has 2 unspecified atom stereocenters. The fraction of sp³-hybridized carbons (Fsp3) is 0.412. The summed E-state index contributed by atoms with van der Waals surface area (Å²) in [4.78, 5) is 22.4. The Morgan fingerprint density at radius 2 is 2.00 bits per heavy atom. The van der Waals surface area contributed by atoms with E-state index in [4.69, 9.17) is 0 Å². The summed E-state index contributed by atoms with van der Waals surface area (Å²) in [7, 11) is 0. The number of hydrogen-bond acceptors (Lipinski definition) is 4. The van der Waals surface area contributed by atoms with E-state index in [1.165, 1.54) is 36.8 Å². The molecule has 6 heteroatoms. The SMILES string of the molecule is CC1CCCCC1NC(=O)/C(C#N)=C/c1ccc([N+](=O)[O-])cc1. The van der Waals surface area contributed by atoms with Crippen LogP contribution in [0.3, 0.4) is 0 Å². The van der Waals surface area contributed by atoms with Gasteiger partial charge in [0.2, 0.25) is 0 Å². The number of nitro benzene ring substituents is 1. The average Bonchev–Trinajstić information content (AvgIpc) is 2.55. The van der Waals surface area contributed by atoms with Crippen molar-refractivity contribution >= 4 is 17.7 Å². The zero-order chi connectivity index (χ0) is 16.8. The molecule has 1 fully saturated rings. The highest BCUT2D eigenvalue weighted by molar-refractivity contribution is 6.01. The van der Waals surface area contributed by atoms with Gasteiger partial charge in [-0.1, -0.05) is 19.8 Å². The third kappa shape index (κ3) is 4.39. The fourth-order valence-electron chi connectivity index (χ4n) is 2.78. The van der Waals surface area contributed by atoms with Crippen molar-refractivity contribution in [2.75, 3.05) is 0 Å². The third-order valence-electron chi connectivity index (χ3n) is 4.21. The molecular weight excluding hydrogens is 294 g/mol. The maximum absolute atomic E-state index is 12.3. The van der Waals surface area contributed by atoms with Crippen molar-refractivity contribution in [2.45, 2.75) is 38.6 Å². The van der Waals surface area contributed by atoms with Gasteiger partial charge in [0.05, 0.1) is 4.92 Å². The highest BCUT2D eigenvalue weighted by Gasteiger charge is 2.24. The zero-order valence-corrected chi connectivity index (χ0v) is 13.0. The van der Waals surface area contributed by atoms with E-state index < -0.39 is 4.92 Å². The Balaban J connectivity index is 2.10. The van der Waals surface area contributed by atoms with Crippen LogP contribution < -0.4 is 5.32 Å². The highest BCUT2D eigenvalue weighted by atomic mass is 16.6. The largest absolute Gasteiger partial charge is 0.348 e. The van der Waals surface area contributed by atoms with Crippen LogP contribution in [0.15, 0.2) is 29.8 Å². The molecular formula is C17H19N3O3. The van der Waals surface area contributed by atoms with Crippen LogP contribution in [0.4, 0.5) is 5.69 Å². The predicted molar refractivity (Wildman–Crippen MR) is 86.2 cm³/mol. The Morgan fingerprint density at radius 1 is 1.35 bits per heavy atom. The van der Waals surface area contributed by atoms with E-state index in [1.807, 2.05) is 6.07 Å². The molecule has 23 heavy (non-hydrogen) atoms. The van der Waals surface area contributed by atoms with Crippen LogP contribution in [0.5, 0.6) is 0 Å². The standard InChI is InChI=1S/C17H19N3O3/c1-12-4-2-3-5-16(12)19-17(21)14(11-18)10-13-6-8-15(9-7-13)20(22)23/h6-10,12,16H,2-5H2,1H3,(H,19,21)/b14-10+. The van der Waals surface area contributed by atoms with E-state index in [0.717, 1.165) is 19.3 Å². The number of hydrogen-bond donors (Lipinski definition) is 1. The van der Waals surface area contributed by atoms with Gasteiger partial charge in [0, 0.05) is 18.2 Å². The summed E-state index contributed by atoms with van der Waals surface area (Å²) in [5, 5.41) is 22.8. The third-order valence-corrected chi connectivity index (χ3v) is 4.21. The average molecular weight is 313 g/mol. The number of carbonyl (C=O) groups is 1. The van der Waals surface area contributed by atoms with Gasteiger partial charge in [-0.05, 0) is 42.5 Å². The lowest BCUT2D eigenvalue weighted by Gasteiger charge is -2.29. The van der Waals surface area contributed by atoms with Gasteiger partial charge < -0.3 is 5.32 Å². The molecule has 1 aliphatic carbocycles. The van der Waals surface area contributed by atoms with Gasteiger partial charge in [0.25, 0.3) is 11.6 Å². The van der Waals surface area contributed by atoms with Gasteiger partial charge in [0.15, 0.2) is 0 Å². The van der Waals surface area contributed by atoms with Crippen molar-refractivity contribution in [3.63, 3.8) is 0 Å². The maximum atomic E-state index is 12.3. The molecule has 1 saturated carbocycles. The smallest absolute Gasteiger partial charge is 0.269 e. The monoisotopic (exact) mass is 313 g/mol. The number of rotatable bonds is 4. The number of amides is 1. The summed E-state index contributed by atoms with van der Waals surface area (Å²) < 4.78 is 0. The number of nitriles is 1. The van der Waals surface area contributed by atoms with Gasteiger partial charge in [-0.3, -0.25) is 14.9 Å². The predicted octanol–water partition coefficient (Wildman–Crippen LogP) is 3.20. The molecule has 120 valence electrons. The molecule has 6 nitrogen and oxygen atoms in total. The fourth-order valence-corrected chi connectivity index (χ4v) is 2.78. The Morgan fingerprint density at radius 3 is 2.57 bits per heavy atom.